The maximum atomic E-state index is 13.3. The highest BCUT2D eigenvalue weighted by Crippen LogP contribution is 2.31. The van der Waals surface area contributed by atoms with Crippen LogP contribution in [0.5, 0.6) is 5.75 Å². The number of piperazine rings is 1. The van der Waals surface area contributed by atoms with Gasteiger partial charge in [0.2, 0.25) is 5.91 Å². The lowest BCUT2D eigenvalue weighted by Crippen LogP contribution is -2.48. The van der Waals surface area contributed by atoms with E-state index in [9.17, 15) is 4.79 Å². The maximum absolute atomic E-state index is 13.3. The number of amides is 1. The fraction of sp³-hybridized carbons (Fsp3) is 0.517. The van der Waals surface area contributed by atoms with Crippen molar-refractivity contribution in [3.8, 4) is 5.75 Å². The summed E-state index contributed by atoms with van der Waals surface area (Å²) in [6, 6.07) is 15.2. The Hall–Kier alpha value is -2.37. The third-order valence-corrected chi connectivity index (χ3v) is 7.40. The first kappa shape index (κ1) is 24.7. The van der Waals surface area contributed by atoms with Crippen molar-refractivity contribution in [1.82, 2.24) is 10.2 Å². The van der Waals surface area contributed by atoms with Crippen LogP contribution in [0.3, 0.4) is 0 Å². The van der Waals surface area contributed by atoms with Crippen molar-refractivity contribution in [2.24, 2.45) is 5.92 Å². The number of benzene rings is 2. The number of hydrogen-bond acceptors (Lipinski definition) is 4. The van der Waals surface area contributed by atoms with Crippen LogP contribution in [0.1, 0.15) is 49.3 Å². The van der Waals surface area contributed by atoms with Gasteiger partial charge in [0.05, 0.1) is 6.10 Å². The Kier molecular flexibility index (Phi) is 8.28. The predicted molar refractivity (Wildman–Crippen MR) is 139 cm³/mol. The summed E-state index contributed by atoms with van der Waals surface area (Å²) in [6.45, 7) is 12.5. The van der Waals surface area contributed by atoms with Gasteiger partial charge in [-0.1, -0.05) is 18.2 Å². The predicted octanol–water partition coefficient (Wildman–Crippen LogP) is 4.77. The minimum atomic E-state index is 0.0679. The van der Waals surface area contributed by atoms with Crippen LogP contribution in [-0.2, 0) is 17.8 Å². The smallest absolute Gasteiger partial charge is 0.229 e. The fourth-order valence-electron chi connectivity index (χ4n) is 5.26. The minimum absolute atomic E-state index is 0.0679. The van der Waals surface area contributed by atoms with Crippen LogP contribution in [-0.4, -0.2) is 49.6 Å². The van der Waals surface area contributed by atoms with Crippen molar-refractivity contribution in [3.63, 3.8) is 0 Å². The fourth-order valence-corrected chi connectivity index (χ4v) is 5.26. The first-order chi connectivity index (χ1) is 16.4. The van der Waals surface area contributed by atoms with E-state index in [1.54, 1.807) is 0 Å². The molecular formula is C29H40N3O2. The third kappa shape index (κ3) is 6.19. The van der Waals surface area contributed by atoms with E-state index < -0.39 is 0 Å². The molecule has 34 heavy (non-hydrogen) atoms. The van der Waals surface area contributed by atoms with Crippen molar-refractivity contribution >= 4 is 11.6 Å². The lowest BCUT2D eigenvalue weighted by Gasteiger charge is -2.32. The minimum Gasteiger partial charge on any atom is -0.490 e. The van der Waals surface area contributed by atoms with Gasteiger partial charge in [0.25, 0.3) is 0 Å². The zero-order valence-corrected chi connectivity index (χ0v) is 21.1. The molecule has 2 aromatic rings. The number of carbonyl (C=O) groups is 1. The molecule has 0 unspecified atom stereocenters. The Morgan fingerprint density at radius 1 is 1.18 bits per heavy atom. The number of hydrogen-bond donors (Lipinski definition) is 1. The van der Waals surface area contributed by atoms with Crippen LogP contribution in [0, 0.1) is 19.8 Å². The lowest BCUT2D eigenvalue weighted by molar-refractivity contribution is -0.123. The maximum Gasteiger partial charge on any atom is 0.229 e. The topological polar surface area (TPSA) is 44.8 Å². The second kappa shape index (κ2) is 11.4. The van der Waals surface area contributed by atoms with Gasteiger partial charge in [-0.25, -0.2) is 0 Å². The number of anilines is 1. The van der Waals surface area contributed by atoms with Crippen LogP contribution in [0.15, 0.2) is 42.5 Å². The number of aryl methyl sites for hydroxylation is 1. The Balaban J connectivity index is 1.30. The summed E-state index contributed by atoms with van der Waals surface area (Å²) >= 11 is 0. The van der Waals surface area contributed by atoms with Crippen molar-refractivity contribution in [1.29, 1.82) is 0 Å². The van der Waals surface area contributed by atoms with Gasteiger partial charge in [-0.05, 0) is 93.8 Å². The molecule has 2 aromatic carbocycles. The number of nitrogens with zero attached hydrogens (tertiary/aromatic N) is 2. The summed E-state index contributed by atoms with van der Waals surface area (Å²) in [6.07, 6.45) is 4.53. The average molecular weight is 463 g/mol. The summed E-state index contributed by atoms with van der Waals surface area (Å²) in [7, 11) is 1.92. The molecule has 1 saturated heterocycles. The summed E-state index contributed by atoms with van der Waals surface area (Å²) < 4.78 is 6.21. The molecular weight excluding hydrogens is 422 g/mol. The Morgan fingerprint density at radius 2 is 1.97 bits per heavy atom. The van der Waals surface area contributed by atoms with E-state index in [0.717, 1.165) is 69.7 Å². The van der Waals surface area contributed by atoms with Crippen molar-refractivity contribution in [2.75, 3.05) is 31.6 Å². The molecule has 0 spiro atoms. The summed E-state index contributed by atoms with van der Waals surface area (Å²) in [5.74, 6) is 1.21. The van der Waals surface area contributed by atoms with E-state index in [0.29, 0.717) is 6.04 Å². The molecule has 1 saturated carbocycles. The van der Waals surface area contributed by atoms with Gasteiger partial charge < -0.3 is 15.0 Å². The molecule has 1 amide bonds. The quantitative estimate of drug-likeness (QED) is 0.644. The molecule has 5 heteroatoms. The second-order valence-corrected chi connectivity index (χ2v) is 10.1. The Morgan fingerprint density at radius 3 is 2.68 bits per heavy atom. The van der Waals surface area contributed by atoms with Crippen LogP contribution in [0.4, 0.5) is 5.69 Å². The number of nitrogens with one attached hydrogen (secondary N) is 1. The highest BCUT2D eigenvalue weighted by molar-refractivity contribution is 5.94. The SMILES string of the molecule is [CH2]Cc1cccc(O[C@H]2CC[C@H](C(=O)N(C)c3ccc(CN4CCN[C@@H](C)C4)c(C)c3)CC2)c1. The first-order valence-electron chi connectivity index (χ1n) is 12.8. The van der Waals surface area contributed by atoms with Gasteiger partial charge in [0.15, 0.2) is 0 Å². The third-order valence-electron chi connectivity index (χ3n) is 7.40. The van der Waals surface area contributed by atoms with Gasteiger partial charge in [-0.2, -0.15) is 0 Å². The molecule has 1 radical (unpaired) electrons. The Labute approximate surface area is 205 Å². The molecule has 5 nitrogen and oxygen atoms in total. The number of ether oxygens (including phenoxy) is 1. The molecule has 1 aliphatic heterocycles. The largest absolute Gasteiger partial charge is 0.490 e. The molecule has 4 rings (SSSR count). The molecule has 1 aliphatic carbocycles. The molecule has 2 aliphatic rings. The van der Waals surface area contributed by atoms with E-state index in [1.807, 2.05) is 24.1 Å². The van der Waals surface area contributed by atoms with Gasteiger partial charge in [-0.3, -0.25) is 9.69 Å². The Bertz CT molecular complexity index is 968. The molecule has 1 atom stereocenters. The van der Waals surface area contributed by atoms with Crippen LogP contribution >= 0.6 is 0 Å². The average Bonchev–Trinajstić information content (AvgIpc) is 2.85. The van der Waals surface area contributed by atoms with E-state index in [-0.39, 0.29) is 17.9 Å². The highest BCUT2D eigenvalue weighted by atomic mass is 16.5. The van der Waals surface area contributed by atoms with Crippen LogP contribution in [0.25, 0.3) is 0 Å². The second-order valence-electron chi connectivity index (χ2n) is 10.1. The highest BCUT2D eigenvalue weighted by Gasteiger charge is 2.30. The van der Waals surface area contributed by atoms with Crippen molar-refractivity contribution in [2.45, 2.75) is 64.6 Å². The summed E-state index contributed by atoms with van der Waals surface area (Å²) in [4.78, 5) is 17.6. The molecule has 183 valence electrons. The van der Waals surface area contributed by atoms with Crippen molar-refractivity contribution in [3.05, 3.63) is 66.1 Å². The normalized spacial score (nSPS) is 23.5. The van der Waals surface area contributed by atoms with Gasteiger partial charge >= 0.3 is 0 Å². The van der Waals surface area contributed by atoms with E-state index >= 15 is 0 Å². The van der Waals surface area contributed by atoms with Crippen LogP contribution in [0.2, 0.25) is 0 Å². The molecule has 1 N–H and O–H groups in total. The van der Waals surface area contributed by atoms with Crippen LogP contribution < -0.4 is 15.0 Å². The zero-order chi connectivity index (χ0) is 24.1. The number of carbonyl (C=O) groups excluding carboxylic acids is 1. The molecule has 0 aromatic heterocycles. The van der Waals surface area contributed by atoms with E-state index in [2.05, 4.69) is 61.3 Å². The lowest BCUT2D eigenvalue weighted by atomic mass is 9.86. The van der Waals surface area contributed by atoms with Gasteiger partial charge in [-0.15, -0.1) is 0 Å². The van der Waals surface area contributed by atoms with Gasteiger partial charge in [0, 0.05) is 50.9 Å². The van der Waals surface area contributed by atoms with E-state index in [4.69, 9.17) is 4.74 Å². The zero-order valence-electron chi connectivity index (χ0n) is 21.1. The monoisotopic (exact) mass is 462 g/mol. The summed E-state index contributed by atoms with van der Waals surface area (Å²) in [5.41, 5.74) is 4.78. The molecule has 0 bridgehead atoms. The number of rotatable bonds is 7. The van der Waals surface area contributed by atoms with Gasteiger partial charge in [0.1, 0.15) is 5.75 Å². The molecule has 2 fully saturated rings. The van der Waals surface area contributed by atoms with E-state index in [1.165, 1.54) is 16.7 Å². The summed E-state index contributed by atoms with van der Waals surface area (Å²) in [5, 5.41) is 3.50. The standard InChI is InChI=1S/C29H40N3O2/c1-5-23-7-6-8-28(18-23)34-27-13-10-24(11-14-27)29(33)31(4)26-12-9-25(21(2)17-26)20-32-16-15-30-22(3)19-32/h6-9,12,17-18,22,24,27,30H,1,5,10-11,13-16,19-20H2,2-4H3/t22-,24-,27-/m0/s1. The van der Waals surface area contributed by atoms with Crippen molar-refractivity contribution < 1.29 is 9.53 Å². The molecule has 1 heterocycles. The first-order valence-corrected chi connectivity index (χ1v) is 12.8.